The molecule has 0 unspecified atom stereocenters. The van der Waals surface area contributed by atoms with Gasteiger partial charge in [-0.1, -0.05) is 22.0 Å². The molecule has 0 aliphatic carbocycles. The van der Waals surface area contributed by atoms with E-state index in [-0.39, 0.29) is 0 Å². The maximum Gasteiger partial charge on any atom is 0.249 e. The molecule has 3 aromatic rings. The SMILES string of the molecule is COc1ccc(Nc2cnnc(Nc3ccc(C)c(Br)c3)n2)cc1. The number of anilines is 4. The quantitative estimate of drug-likeness (QED) is 0.676. The Morgan fingerprint density at radius 3 is 2.46 bits per heavy atom. The Morgan fingerprint density at radius 2 is 1.75 bits per heavy atom. The van der Waals surface area contributed by atoms with Crippen LogP contribution in [0.1, 0.15) is 5.56 Å². The summed E-state index contributed by atoms with van der Waals surface area (Å²) in [5.41, 5.74) is 2.94. The van der Waals surface area contributed by atoms with E-state index in [0.29, 0.717) is 11.8 Å². The molecule has 24 heavy (non-hydrogen) atoms. The Balaban J connectivity index is 1.74. The van der Waals surface area contributed by atoms with E-state index >= 15 is 0 Å². The summed E-state index contributed by atoms with van der Waals surface area (Å²) in [6.45, 7) is 2.03. The number of benzene rings is 2. The zero-order valence-electron chi connectivity index (χ0n) is 13.2. The van der Waals surface area contributed by atoms with Gasteiger partial charge in [-0.3, -0.25) is 0 Å². The molecule has 0 amide bonds. The number of methoxy groups -OCH3 is 1. The molecule has 6 nitrogen and oxygen atoms in total. The Kier molecular flexibility index (Phi) is 4.90. The first-order valence-corrected chi connectivity index (χ1v) is 8.07. The van der Waals surface area contributed by atoms with Crippen molar-refractivity contribution in [3.05, 3.63) is 58.7 Å². The number of aryl methyl sites for hydroxylation is 1. The predicted molar refractivity (Wildman–Crippen MR) is 98.3 cm³/mol. The van der Waals surface area contributed by atoms with E-state index < -0.39 is 0 Å². The Labute approximate surface area is 148 Å². The van der Waals surface area contributed by atoms with Crippen LogP contribution in [0.3, 0.4) is 0 Å². The summed E-state index contributed by atoms with van der Waals surface area (Å²) in [5.74, 6) is 1.82. The van der Waals surface area contributed by atoms with Gasteiger partial charge in [0.1, 0.15) is 5.75 Å². The second-order valence-electron chi connectivity index (χ2n) is 5.11. The summed E-state index contributed by atoms with van der Waals surface area (Å²) < 4.78 is 6.16. The van der Waals surface area contributed by atoms with Crippen molar-refractivity contribution in [1.82, 2.24) is 15.2 Å². The summed E-state index contributed by atoms with van der Waals surface area (Å²) in [6.07, 6.45) is 1.57. The predicted octanol–water partition coefficient (Wildman–Crippen LogP) is 4.44. The second-order valence-corrected chi connectivity index (χ2v) is 5.96. The Morgan fingerprint density at radius 1 is 1.00 bits per heavy atom. The van der Waals surface area contributed by atoms with Crippen molar-refractivity contribution in [3.63, 3.8) is 0 Å². The number of ether oxygens (including phenoxy) is 1. The fourth-order valence-electron chi connectivity index (χ4n) is 2.04. The average molecular weight is 386 g/mol. The van der Waals surface area contributed by atoms with Gasteiger partial charge in [-0.15, -0.1) is 5.10 Å². The lowest BCUT2D eigenvalue weighted by molar-refractivity contribution is 0.415. The molecule has 0 atom stereocenters. The van der Waals surface area contributed by atoms with Gasteiger partial charge in [0.15, 0.2) is 5.82 Å². The number of hydrogen-bond acceptors (Lipinski definition) is 6. The number of nitrogens with zero attached hydrogens (tertiary/aromatic N) is 3. The van der Waals surface area contributed by atoms with Gasteiger partial charge in [-0.2, -0.15) is 10.1 Å². The standard InChI is InChI=1S/C17H16BrN5O/c1-11-3-4-13(9-15(11)18)21-17-22-16(10-19-23-17)20-12-5-7-14(24-2)8-6-12/h3-10H,1-2H3,(H2,20,21,22,23). The van der Waals surface area contributed by atoms with Crippen molar-refractivity contribution in [3.8, 4) is 5.75 Å². The van der Waals surface area contributed by atoms with Crippen LogP contribution in [0, 0.1) is 6.92 Å². The number of aromatic nitrogens is 3. The normalized spacial score (nSPS) is 10.3. The maximum absolute atomic E-state index is 5.14. The van der Waals surface area contributed by atoms with Crippen LogP contribution in [0.5, 0.6) is 5.75 Å². The molecule has 0 spiro atoms. The highest BCUT2D eigenvalue weighted by atomic mass is 79.9. The van der Waals surface area contributed by atoms with Crippen molar-refractivity contribution in [2.75, 3.05) is 17.7 Å². The fourth-order valence-corrected chi connectivity index (χ4v) is 2.42. The van der Waals surface area contributed by atoms with Gasteiger partial charge in [-0.25, -0.2) is 0 Å². The van der Waals surface area contributed by atoms with Crippen molar-refractivity contribution in [2.24, 2.45) is 0 Å². The van der Waals surface area contributed by atoms with Gasteiger partial charge >= 0.3 is 0 Å². The van der Waals surface area contributed by atoms with Crippen molar-refractivity contribution >= 4 is 39.1 Å². The molecule has 0 saturated heterocycles. The van der Waals surface area contributed by atoms with Gasteiger partial charge in [0.05, 0.1) is 13.3 Å². The maximum atomic E-state index is 5.14. The number of halogens is 1. The molecule has 7 heteroatoms. The zero-order valence-corrected chi connectivity index (χ0v) is 14.8. The summed E-state index contributed by atoms with van der Waals surface area (Å²) in [6, 6.07) is 13.5. The molecular formula is C17H16BrN5O. The minimum absolute atomic E-state index is 0.421. The molecule has 0 aliphatic rings. The van der Waals surface area contributed by atoms with E-state index in [0.717, 1.165) is 27.2 Å². The lowest BCUT2D eigenvalue weighted by atomic mass is 10.2. The molecule has 0 fully saturated rings. The van der Waals surface area contributed by atoms with Crippen molar-refractivity contribution < 1.29 is 4.74 Å². The van der Waals surface area contributed by atoms with Crippen LogP contribution in [0.2, 0.25) is 0 Å². The van der Waals surface area contributed by atoms with Crippen LogP contribution in [0.4, 0.5) is 23.1 Å². The minimum atomic E-state index is 0.421. The van der Waals surface area contributed by atoms with Crippen LogP contribution in [0.15, 0.2) is 53.1 Å². The van der Waals surface area contributed by atoms with Crippen molar-refractivity contribution in [1.29, 1.82) is 0 Å². The van der Waals surface area contributed by atoms with Crippen LogP contribution < -0.4 is 15.4 Å². The Bertz CT molecular complexity index is 839. The van der Waals surface area contributed by atoms with Gasteiger partial charge in [0.25, 0.3) is 0 Å². The van der Waals surface area contributed by atoms with E-state index in [1.165, 1.54) is 0 Å². The number of hydrogen-bond donors (Lipinski definition) is 2. The van der Waals surface area contributed by atoms with Crippen molar-refractivity contribution in [2.45, 2.75) is 6.92 Å². The molecule has 2 aromatic carbocycles. The van der Waals surface area contributed by atoms with Gasteiger partial charge < -0.3 is 15.4 Å². The van der Waals surface area contributed by atoms with Crippen LogP contribution in [0.25, 0.3) is 0 Å². The molecule has 1 heterocycles. The third-order valence-electron chi connectivity index (χ3n) is 3.35. The first-order chi connectivity index (χ1) is 11.6. The molecule has 3 rings (SSSR count). The molecule has 0 bridgehead atoms. The number of rotatable bonds is 5. The van der Waals surface area contributed by atoms with E-state index in [2.05, 4.69) is 41.7 Å². The molecule has 0 aliphatic heterocycles. The highest BCUT2D eigenvalue weighted by molar-refractivity contribution is 9.10. The van der Waals surface area contributed by atoms with E-state index in [4.69, 9.17) is 4.74 Å². The summed E-state index contributed by atoms with van der Waals surface area (Å²) in [5, 5.41) is 14.3. The van der Waals surface area contributed by atoms with Crippen LogP contribution in [-0.2, 0) is 0 Å². The molecule has 0 saturated carbocycles. The second kappa shape index (κ2) is 7.27. The van der Waals surface area contributed by atoms with E-state index in [1.807, 2.05) is 49.4 Å². The lowest BCUT2D eigenvalue weighted by Crippen LogP contribution is -2.02. The molecule has 122 valence electrons. The largest absolute Gasteiger partial charge is 0.497 e. The summed E-state index contributed by atoms with van der Waals surface area (Å²) in [4.78, 5) is 4.42. The first-order valence-electron chi connectivity index (χ1n) is 7.28. The lowest BCUT2D eigenvalue weighted by Gasteiger charge is -2.09. The third-order valence-corrected chi connectivity index (χ3v) is 4.20. The molecule has 0 radical (unpaired) electrons. The van der Waals surface area contributed by atoms with Gasteiger partial charge in [-0.05, 0) is 48.9 Å². The number of nitrogens with one attached hydrogen (secondary N) is 2. The highest BCUT2D eigenvalue weighted by Crippen LogP contribution is 2.23. The minimum Gasteiger partial charge on any atom is -0.497 e. The van der Waals surface area contributed by atoms with Gasteiger partial charge in [0.2, 0.25) is 5.95 Å². The topological polar surface area (TPSA) is 72.0 Å². The highest BCUT2D eigenvalue weighted by Gasteiger charge is 2.04. The van der Waals surface area contributed by atoms with Crippen LogP contribution >= 0.6 is 15.9 Å². The smallest absolute Gasteiger partial charge is 0.249 e. The fraction of sp³-hybridized carbons (Fsp3) is 0.118. The molecule has 2 N–H and O–H groups in total. The monoisotopic (exact) mass is 385 g/mol. The molecule has 1 aromatic heterocycles. The third kappa shape index (κ3) is 3.99. The van der Waals surface area contributed by atoms with Crippen LogP contribution in [-0.4, -0.2) is 22.3 Å². The van der Waals surface area contributed by atoms with Gasteiger partial charge in [0, 0.05) is 15.8 Å². The van der Waals surface area contributed by atoms with E-state index in [9.17, 15) is 0 Å². The molecular weight excluding hydrogens is 370 g/mol. The average Bonchev–Trinajstić information content (AvgIpc) is 2.59. The zero-order chi connectivity index (χ0) is 16.9. The summed E-state index contributed by atoms with van der Waals surface area (Å²) in [7, 11) is 1.64. The summed E-state index contributed by atoms with van der Waals surface area (Å²) >= 11 is 3.51. The van der Waals surface area contributed by atoms with E-state index in [1.54, 1.807) is 13.3 Å². The first kappa shape index (κ1) is 16.2. The Hall–Kier alpha value is -2.67.